The topological polar surface area (TPSA) is 151 Å². The van der Waals surface area contributed by atoms with E-state index in [0.717, 1.165) is 12.1 Å². The maximum Gasteiger partial charge on any atom is 0.322 e. The highest BCUT2D eigenvalue weighted by molar-refractivity contribution is 7.90. The molecule has 0 spiro atoms. The summed E-state index contributed by atoms with van der Waals surface area (Å²) >= 11 is 0. The van der Waals surface area contributed by atoms with Crippen molar-refractivity contribution in [3.63, 3.8) is 0 Å². The van der Waals surface area contributed by atoms with Gasteiger partial charge >= 0.3 is 23.6 Å². The zero-order valence-electron chi connectivity index (χ0n) is 13.6. The minimum atomic E-state index is -4.24. The average molecular weight is 370 g/mol. The van der Waals surface area contributed by atoms with E-state index in [0.29, 0.717) is 13.0 Å². The summed E-state index contributed by atoms with van der Waals surface area (Å²) in [6.07, 6.45) is 0.674. The number of anilines is 1. The first-order valence-corrected chi connectivity index (χ1v) is 8.67. The molecular formula is C14H18N4O6S. The van der Waals surface area contributed by atoms with Crippen molar-refractivity contribution in [1.82, 2.24) is 15.4 Å². The molecule has 25 heavy (non-hydrogen) atoms. The molecule has 0 atom stereocenters. The highest BCUT2D eigenvalue weighted by atomic mass is 32.2. The molecule has 0 aliphatic heterocycles. The van der Waals surface area contributed by atoms with E-state index in [1.54, 1.807) is 4.72 Å². The van der Waals surface area contributed by atoms with E-state index >= 15 is 0 Å². The Balaban J connectivity index is 2.78. The number of carbonyl (C=O) groups excluding carboxylic acids is 4. The summed E-state index contributed by atoms with van der Waals surface area (Å²) < 4.78 is 25.5. The fourth-order valence-corrected chi connectivity index (χ4v) is 2.51. The Labute approximate surface area is 144 Å². The number of nitrogens with one attached hydrogen (secondary N) is 4. The minimum absolute atomic E-state index is 0.188. The van der Waals surface area contributed by atoms with E-state index in [2.05, 4.69) is 10.6 Å². The van der Waals surface area contributed by atoms with E-state index < -0.39 is 33.7 Å². The van der Waals surface area contributed by atoms with E-state index in [4.69, 9.17) is 0 Å². The van der Waals surface area contributed by atoms with Gasteiger partial charge < -0.3 is 16.0 Å². The first kappa shape index (κ1) is 20.1. The number of likely N-dealkylation sites (N-methyl/N-ethyl adjacent to an activating group) is 1. The fourth-order valence-electron chi connectivity index (χ4n) is 1.56. The summed E-state index contributed by atoms with van der Waals surface area (Å²) in [5, 5.41) is 6.69. The van der Waals surface area contributed by atoms with Crippen LogP contribution >= 0.6 is 0 Å². The van der Waals surface area contributed by atoms with Crippen LogP contribution in [0.25, 0.3) is 0 Å². The molecule has 0 radical (unpaired) electrons. The molecule has 0 heterocycles. The van der Waals surface area contributed by atoms with Crippen molar-refractivity contribution in [2.45, 2.75) is 18.2 Å². The lowest BCUT2D eigenvalue weighted by Gasteiger charge is -2.08. The lowest BCUT2D eigenvalue weighted by Crippen LogP contribution is -2.41. The lowest BCUT2D eigenvalue weighted by molar-refractivity contribution is -0.137. The molecule has 1 rings (SSSR count). The molecule has 1 aromatic carbocycles. The van der Waals surface area contributed by atoms with Gasteiger partial charge in [0.25, 0.3) is 10.0 Å². The van der Waals surface area contributed by atoms with Gasteiger partial charge in [0.2, 0.25) is 0 Å². The normalized spacial score (nSPS) is 10.5. The van der Waals surface area contributed by atoms with Gasteiger partial charge in [-0.25, -0.2) is 13.1 Å². The average Bonchev–Trinajstić information content (AvgIpc) is 2.58. The van der Waals surface area contributed by atoms with Gasteiger partial charge in [0.15, 0.2) is 0 Å². The third kappa shape index (κ3) is 5.88. The molecular weight excluding hydrogens is 352 g/mol. The minimum Gasteiger partial charge on any atom is -0.351 e. The Morgan fingerprint density at radius 2 is 1.52 bits per heavy atom. The molecule has 11 heteroatoms. The highest BCUT2D eigenvalue weighted by Crippen LogP contribution is 2.14. The molecule has 0 saturated heterocycles. The van der Waals surface area contributed by atoms with Crippen LogP contribution < -0.4 is 20.7 Å². The van der Waals surface area contributed by atoms with Crippen molar-refractivity contribution >= 4 is 39.3 Å². The predicted octanol–water partition coefficient (Wildman–Crippen LogP) is -1.30. The van der Waals surface area contributed by atoms with Crippen molar-refractivity contribution in [3.8, 4) is 0 Å². The van der Waals surface area contributed by atoms with Crippen molar-refractivity contribution in [3.05, 3.63) is 24.3 Å². The Kier molecular flexibility index (Phi) is 7.06. The second-order valence-electron chi connectivity index (χ2n) is 4.75. The molecule has 0 aliphatic rings. The van der Waals surface area contributed by atoms with Gasteiger partial charge in [-0.1, -0.05) is 6.92 Å². The number of benzene rings is 1. The molecule has 4 N–H and O–H groups in total. The highest BCUT2D eigenvalue weighted by Gasteiger charge is 2.22. The Hall–Kier alpha value is -2.95. The summed E-state index contributed by atoms with van der Waals surface area (Å²) in [5.41, 5.74) is 0.188. The summed E-state index contributed by atoms with van der Waals surface area (Å²) in [4.78, 5) is 45.2. The lowest BCUT2D eigenvalue weighted by atomic mass is 10.3. The van der Waals surface area contributed by atoms with Gasteiger partial charge in [-0.05, 0) is 30.7 Å². The van der Waals surface area contributed by atoms with Crippen LogP contribution in [0, 0.1) is 0 Å². The maximum absolute atomic E-state index is 12.0. The first-order chi connectivity index (χ1) is 11.7. The molecule has 136 valence electrons. The number of hydrogen-bond donors (Lipinski definition) is 4. The van der Waals surface area contributed by atoms with E-state index in [1.165, 1.54) is 19.2 Å². The van der Waals surface area contributed by atoms with Crippen LogP contribution in [0.2, 0.25) is 0 Å². The molecule has 0 fully saturated rings. The molecule has 1 aromatic rings. The second kappa shape index (κ2) is 8.78. The van der Waals surface area contributed by atoms with Crippen LogP contribution in [0.4, 0.5) is 5.69 Å². The number of carbonyl (C=O) groups is 4. The summed E-state index contributed by atoms with van der Waals surface area (Å²) in [6.45, 7) is 2.19. The van der Waals surface area contributed by atoms with Gasteiger partial charge in [-0.15, -0.1) is 0 Å². The fraction of sp³-hybridized carbons (Fsp3) is 0.286. The Morgan fingerprint density at radius 3 is 2.04 bits per heavy atom. The number of hydrogen-bond acceptors (Lipinski definition) is 6. The molecule has 0 aliphatic carbocycles. The standard InChI is InChI=1S/C14H18N4O6S/c1-3-8-16-12(20)13(21)17-9-4-6-10(7-5-9)25(23,24)18-14(22)11(19)15-2/h4-7H,3,8H2,1-2H3,(H,15,19)(H,16,20)(H,17,21)(H,18,22). The van der Waals surface area contributed by atoms with Gasteiger partial charge in [0.1, 0.15) is 0 Å². The second-order valence-corrected chi connectivity index (χ2v) is 6.43. The molecule has 0 saturated carbocycles. The first-order valence-electron chi connectivity index (χ1n) is 7.19. The van der Waals surface area contributed by atoms with Gasteiger partial charge in [-0.3, -0.25) is 19.2 Å². The van der Waals surface area contributed by atoms with Crippen LogP contribution in [0.5, 0.6) is 0 Å². The van der Waals surface area contributed by atoms with Crippen LogP contribution in [0.1, 0.15) is 13.3 Å². The van der Waals surface area contributed by atoms with Crippen molar-refractivity contribution in [1.29, 1.82) is 0 Å². The number of rotatable bonds is 5. The quantitative estimate of drug-likeness (QED) is 0.473. The predicted molar refractivity (Wildman–Crippen MR) is 87.8 cm³/mol. The van der Waals surface area contributed by atoms with E-state index in [-0.39, 0.29) is 10.6 Å². The molecule has 0 aromatic heterocycles. The summed E-state index contributed by atoms with van der Waals surface area (Å²) in [6, 6.07) is 4.70. The van der Waals surface area contributed by atoms with Crippen LogP contribution in [-0.4, -0.2) is 45.6 Å². The van der Waals surface area contributed by atoms with Crippen LogP contribution in [0.3, 0.4) is 0 Å². The maximum atomic E-state index is 12.0. The third-order valence-electron chi connectivity index (χ3n) is 2.82. The molecule has 4 amide bonds. The Bertz CT molecular complexity index is 773. The zero-order valence-corrected chi connectivity index (χ0v) is 14.4. The number of amides is 4. The van der Waals surface area contributed by atoms with Crippen LogP contribution in [-0.2, 0) is 29.2 Å². The van der Waals surface area contributed by atoms with Crippen molar-refractivity contribution in [2.75, 3.05) is 18.9 Å². The third-order valence-corrected chi connectivity index (χ3v) is 4.17. The zero-order chi connectivity index (χ0) is 19.0. The van der Waals surface area contributed by atoms with Crippen molar-refractivity contribution in [2.24, 2.45) is 0 Å². The van der Waals surface area contributed by atoms with E-state index in [9.17, 15) is 27.6 Å². The SMILES string of the molecule is CCCNC(=O)C(=O)Nc1ccc(S(=O)(=O)NC(=O)C(=O)NC)cc1. The summed E-state index contributed by atoms with van der Waals surface area (Å²) in [7, 11) is -3.06. The van der Waals surface area contributed by atoms with Crippen molar-refractivity contribution < 1.29 is 27.6 Å². The van der Waals surface area contributed by atoms with E-state index in [1.807, 2.05) is 12.2 Å². The molecule has 10 nitrogen and oxygen atoms in total. The molecule has 0 bridgehead atoms. The van der Waals surface area contributed by atoms with Crippen LogP contribution in [0.15, 0.2) is 29.2 Å². The van der Waals surface area contributed by atoms with Gasteiger partial charge in [-0.2, -0.15) is 0 Å². The Morgan fingerprint density at radius 1 is 0.920 bits per heavy atom. The monoisotopic (exact) mass is 370 g/mol. The van der Waals surface area contributed by atoms with Gasteiger partial charge in [0.05, 0.1) is 4.90 Å². The number of sulfonamides is 1. The van der Waals surface area contributed by atoms with Gasteiger partial charge in [0, 0.05) is 19.3 Å². The smallest absolute Gasteiger partial charge is 0.322 e. The summed E-state index contributed by atoms with van der Waals surface area (Å²) in [5.74, 6) is -4.13. The molecule has 0 unspecified atom stereocenters. The largest absolute Gasteiger partial charge is 0.351 e.